The van der Waals surface area contributed by atoms with Crippen molar-refractivity contribution in [2.75, 3.05) is 4.90 Å². The van der Waals surface area contributed by atoms with Gasteiger partial charge in [-0.05, 0) is 84.6 Å². The minimum absolute atomic E-state index is 1.10. The van der Waals surface area contributed by atoms with Crippen molar-refractivity contribution in [3.8, 4) is 39.1 Å². The molecule has 9 rings (SSSR count). The van der Waals surface area contributed by atoms with Crippen molar-refractivity contribution in [1.29, 1.82) is 0 Å². The predicted molar refractivity (Wildman–Crippen MR) is 221 cm³/mol. The van der Waals surface area contributed by atoms with Crippen LogP contribution in [0.5, 0.6) is 0 Å². The van der Waals surface area contributed by atoms with Crippen LogP contribution >= 0.6 is 0 Å². The fourth-order valence-electron chi connectivity index (χ4n) is 7.63. The Hall–Kier alpha value is -6.64. The number of rotatable bonds is 7. The van der Waals surface area contributed by atoms with Gasteiger partial charge in [0.1, 0.15) is 0 Å². The van der Waals surface area contributed by atoms with Crippen LogP contribution in [-0.2, 0) is 0 Å². The van der Waals surface area contributed by atoms with Gasteiger partial charge in [0.25, 0.3) is 0 Å². The zero-order chi connectivity index (χ0) is 35.0. The van der Waals surface area contributed by atoms with Gasteiger partial charge in [-0.3, -0.25) is 0 Å². The molecule has 0 saturated carbocycles. The molecular weight excluding hydrogens is 629 g/mol. The molecule has 0 aliphatic rings. The number of hydrogen-bond acceptors (Lipinski definition) is 1. The van der Waals surface area contributed by atoms with E-state index in [9.17, 15) is 0 Å². The molecule has 0 spiro atoms. The van der Waals surface area contributed by atoms with Crippen molar-refractivity contribution < 1.29 is 0 Å². The Morgan fingerprint density at radius 3 is 1.71 bits per heavy atom. The molecule has 2 heteroatoms. The first kappa shape index (κ1) is 31.3. The molecule has 0 atom stereocenters. The van der Waals surface area contributed by atoms with E-state index in [2.05, 4.69) is 217 Å². The third kappa shape index (κ3) is 5.55. The van der Waals surface area contributed by atoms with Gasteiger partial charge in [-0.1, -0.05) is 157 Å². The van der Waals surface area contributed by atoms with Crippen molar-refractivity contribution in [1.82, 2.24) is 4.57 Å². The molecule has 2 nitrogen and oxygen atoms in total. The second-order valence-electron chi connectivity index (χ2n) is 13.5. The van der Waals surface area contributed by atoms with Crippen LogP contribution in [-0.4, -0.2) is 4.57 Å². The van der Waals surface area contributed by atoms with Crippen LogP contribution in [0.2, 0.25) is 0 Å². The summed E-state index contributed by atoms with van der Waals surface area (Å²) in [6.07, 6.45) is 0. The summed E-state index contributed by atoms with van der Waals surface area (Å²) in [7, 11) is 0. The Labute approximate surface area is 305 Å². The third-order valence-corrected chi connectivity index (χ3v) is 10.1. The molecule has 8 aromatic carbocycles. The third-order valence-electron chi connectivity index (χ3n) is 10.1. The summed E-state index contributed by atoms with van der Waals surface area (Å²) in [5.74, 6) is 0. The number of hydrogen-bond donors (Lipinski definition) is 0. The first-order valence-corrected chi connectivity index (χ1v) is 17.9. The summed E-state index contributed by atoms with van der Waals surface area (Å²) < 4.78 is 2.46. The Morgan fingerprint density at radius 2 is 0.942 bits per heavy atom. The van der Waals surface area contributed by atoms with Crippen LogP contribution in [0.3, 0.4) is 0 Å². The van der Waals surface area contributed by atoms with Gasteiger partial charge in [0.15, 0.2) is 0 Å². The SMILES string of the molecule is Cc1ccc(-c2cc(C)ccc2-n2c3ccccc3c3c(N(c4ccc(-c5ccccc5)cc4)c4ccccc4-c4ccccc4)cccc32)cc1. The molecule has 0 fully saturated rings. The van der Waals surface area contributed by atoms with Gasteiger partial charge < -0.3 is 9.47 Å². The largest absolute Gasteiger partial charge is 0.309 e. The van der Waals surface area contributed by atoms with Crippen LogP contribution in [0.15, 0.2) is 194 Å². The maximum atomic E-state index is 2.46. The first-order chi connectivity index (χ1) is 25.6. The number of para-hydroxylation sites is 2. The quantitative estimate of drug-likeness (QED) is 0.164. The second-order valence-corrected chi connectivity index (χ2v) is 13.5. The highest BCUT2D eigenvalue weighted by Gasteiger charge is 2.24. The fourth-order valence-corrected chi connectivity index (χ4v) is 7.63. The van der Waals surface area contributed by atoms with Crippen molar-refractivity contribution in [3.63, 3.8) is 0 Å². The van der Waals surface area contributed by atoms with E-state index in [-0.39, 0.29) is 0 Å². The first-order valence-electron chi connectivity index (χ1n) is 17.9. The van der Waals surface area contributed by atoms with Crippen LogP contribution in [0.25, 0.3) is 60.9 Å². The molecule has 0 saturated heterocycles. The van der Waals surface area contributed by atoms with Crippen LogP contribution in [0, 0.1) is 13.8 Å². The van der Waals surface area contributed by atoms with Gasteiger partial charge in [-0.25, -0.2) is 0 Å². The lowest BCUT2D eigenvalue weighted by Crippen LogP contribution is -2.11. The lowest BCUT2D eigenvalue weighted by molar-refractivity contribution is 1.17. The van der Waals surface area contributed by atoms with E-state index >= 15 is 0 Å². The van der Waals surface area contributed by atoms with Crippen LogP contribution in [0.1, 0.15) is 11.1 Å². The van der Waals surface area contributed by atoms with E-state index in [4.69, 9.17) is 0 Å². The Kier molecular flexibility index (Phi) is 7.98. The summed E-state index contributed by atoms with van der Waals surface area (Å²) in [6.45, 7) is 4.32. The number of nitrogens with zero attached hydrogens (tertiary/aromatic N) is 2. The molecule has 248 valence electrons. The fraction of sp³-hybridized carbons (Fsp3) is 0.0400. The summed E-state index contributed by atoms with van der Waals surface area (Å²) in [5.41, 5.74) is 16.6. The van der Waals surface area contributed by atoms with E-state index < -0.39 is 0 Å². The molecule has 52 heavy (non-hydrogen) atoms. The molecule has 0 aliphatic carbocycles. The Morgan fingerprint density at radius 1 is 0.385 bits per heavy atom. The summed E-state index contributed by atoms with van der Waals surface area (Å²) in [6, 6.07) is 70.5. The average Bonchev–Trinajstić information content (AvgIpc) is 3.54. The molecule has 9 aromatic rings. The molecular formula is C50H38N2. The maximum absolute atomic E-state index is 2.46. The number of anilines is 3. The molecule has 0 amide bonds. The van der Waals surface area contributed by atoms with Gasteiger partial charge in [0.05, 0.1) is 28.1 Å². The summed E-state index contributed by atoms with van der Waals surface area (Å²) >= 11 is 0. The minimum Gasteiger partial charge on any atom is -0.309 e. The van der Waals surface area contributed by atoms with Crippen LogP contribution < -0.4 is 4.90 Å². The second kappa shape index (κ2) is 13.2. The highest BCUT2D eigenvalue weighted by molar-refractivity contribution is 6.17. The lowest BCUT2D eigenvalue weighted by Gasteiger charge is -2.29. The van der Waals surface area contributed by atoms with E-state index in [0.29, 0.717) is 0 Å². The Bertz CT molecular complexity index is 2670. The van der Waals surface area contributed by atoms with Gasteiger partial charge in [0.2, 0.25) is 0 Å². The smallest absolute Gasteiger partial charge is 0.0562 e. The van der Waals surface area contributed by atoms with Crippen molar-refractivity contribution in [3.05, 3.63) is 205 Å². The van der Waals surface area contributed by atoms with Crippen LogP contribution in [0.4, 0.5) is 17.1 Å². The van der Waals surface area contributed by atoms with Gasteiger partial charge >= 0.3 is 0 Å². The highest BCUT2D eigenvalue weighted by atomic mass is 15.2. The topological polar surface area (TPSA) is 8.17 Å². The van der Waals surface area contributed by atoms with Crippen molar-refractivity contribution >= 4 is 38.9 Å². The van der Waals surface area contributed by atoms with Crippen molar-refractivity contribution in [2.45, 2.75) is 13.8 Å². The summed E-state index contributed by atoms with van der Waals surface area (Å²) in [5, 5.41) is 2.43. The van der Waals surface area contributed by atoms with Gasteiger partial charge in [-0.15, -0.1) is 0 Å². The number of fused-ring (bicyclic) bond motifs is 3. The molecule has 0 N–H and O–H groups in total. The molecule has 1 aromatic heterocycles. The number of benzene rings is 8. The Balaban J connectivity index is 1.33. The standard InChI is InChI=1S/C50H38N2/c1-35-24-27-40(28-25-35)44-34-36(2)26-33-47(44)52-46-21-12-10-19-43(46)50-48(22-13-23-49(50)52)51(41-31-29-38(30-32-41)37-14-5-3-6-15-37)45-20-11-9-18-42(45)39-16-7-4-8-17-39/h3-34H,1-2H3. The van der Waals surface area contributed by atoms with E-state index in [1.54, 1.807) is 0 Å². The lowest BCUT2D eigenvalue weighted by atomic mass is 9.99. The zero-order valence-electron chi connectivity index (χ0n) is 29.4. The number of aromatic nitrogens is 1. The van der Waals surface area contributed by atoms with Crippen molar-refractivity contribution in [2.24, 2.45) is 0 Å². The molecule has 0 radical (unpaired) electrons. The van der Waals surface area contributed by atoms with E-state index in [1.807, 2.05) is 0 Å². The highest BCUT2D eigenvalue weighted by Crippen LogP contribution is 2.47. The summed E-state index contributed by atoms with van der Waals surface area (Å²) in [4.78, 5) is 2.45. The van der Waals surface area contributed by atoms with E-state index in [0.717, 1.165) is 17.1 Å². The zero-order valence-corrected chi connectivity index (χ0v) is 29.4. The minimum atomic E-state index is 1.10. The predicted octanol–water partition coefficient (Wildman–Crippen LogP) is 13.9. The number of aryl methyl sites for hydroxylation is 2. The molecule has 0 bridgehead atoms. The van der Waals surface area contributed by atoms with E-state index in [1.165, 1.54) is 72.0 Å². The molecule has 1 heterocycles. The average molecular weight is 667 g/mol. The molecule has 0 unspecified atom stereocenters. The monoisotopic (exact) mass is 666 g/mol. The van der Waals surface area contributed by atoms with Gasteiger partial charge in [-0.2, -0.15) is 0 Å². The normalized spacial score (nSPS) is 11.3. The maximum Gasteiger partial charge on any atom is 0.0562 e. The molecule has 0 aliphatic heterocycles. The van der Waals surface area contributed by atoms with Gasteiger partial charge in [0, 0.05) is 27.6 Å².